The van der Waals surface area contributed by atoms with Crippen molar-refractivity contribution in [1.29, 1.82) is 0 Å². The lowest BCUT2D eigenvalue weighted by Crippen LogP contribution is -3.12. The molecule has 146 valence electrons. The number of nitrogens with zero attached hydrogens (tertiary/aromatic N) is 1. The number of anilines is 1. The minimum atomic E-state index is -3.45. The largest absolute Gasteiger partial charge is 0.378 e. The zero-order valence-electron chi connectivity index (χ0n) is 15.8. The summed E-state index contributed by atoms with van der Waals surface area (Å²) in [4.78, 5) is 3.42. The Labute approximate surface area is 167 Å². The number of alkyl halides is 1. The molecule has 0 fully saturated rings. The highest BCUT2D eigenvalue weighted by Crippen LogP contribution is 2.18. The van der Waals surface area contributed by atoms with Gasteiger partial charge >= 0.3 is 0 Å². The molecule has 0 radical (unpaired) electrons. The second-order valence-electron chi connectivity index (χ2n) is 7.21. The highest BCUT2D eigenvalue weighted by Gasteiger charge is 2.29. The number of hydrogen-bond donors (Lipinski definition) is 2. The summed E-state index contributed by atoms with van der Waals surface area (Å²) < 4.78 is 26.5. The molecule has 0 aromatic heterocycles. The van der Waals surface area contributed by atoms with Crippen molar-refractivity contribution in [2.45, 2.75) is 19.0 Å². The van der Waals surface area contributed by atoms with Gasteiger partial charge in [-0.05, 0) is 17.7 Å². The van der Waals surface area contributed by atoms with E-state index in [1.807, 2.05) is 14.1 Å². The van der Waals surface area contributed by atoms with Gasteiger partial charge in [-0.2, -0.15) is 0 Å². The summed E-state index contributed by atoms with van der Waals surface area (Å²) in [7, 11) is 0.566. The van der Waals surface area contributed by atoms with Crippen LogP contribution < -0.4 is 14.5 Å². The van der Waals surface area contributed by atoms with Crippen LogP contribution in [0.15, 0.2) is 48.5 Å². The van der Waals surface area contributed by atoms with E-state index in [-0.39, 0.29) is 6.04 Å². The van der Waals surface area contributed by atoms with Crippen LogP contribution in [-0.4, -0.2) is 40.8 Å². The smallest absolute Gasteiger partial charge is 0.225 e. The van der Waals surface area contributed by atoms with Crippen molar-refractivity contribution in [3.63, 3.8) is 0 Å². The third kappa shape index (κ3) is 5.02. The maximum absolute atomic E-state index is 11.9. The monoisotopic (exact) mass is 408 g/mol. The predicted molar refractivity (Wildman–Crippen MR) is 111 cm³/mol. The van der Waals surface area contributed by atoms with E-state index in [0.29, 0.717) is 6.54 Å². The van der Waals surface area contributed by atoms with Gasteiger partial charge in [0.1, 0.15) is 17.8 Å². The fraction of sp³-hybridized carbons (Fsp3) is 0.400. The van der Waals surface area contributed by atoms with Gasteiger partial charge in [0.15, 0.2) is 0 Å². The maximum Gasteiger partial charge on any atom is 0.225 e. The molecule has 27 heavy (non-hydrogen) atoms. The Kier molecular flexibility index (Phi) is 6.42. The summed E-state index contributed by atoms with van der Waals surface area (Å²) in [5.74, 6) is 0. The lowest BCUT2D eigenvalue weighted by atomic mass is 9.96. The number of nitrogens with one attached hydrogen (secondary N) is 2. The summed E-state index contributed by atoms with van der Waals surface area (Å²) in [6, 6.07) is 16.9. The molecule has 1 aliphatic rings. The molecule has 1 aliphatic heterocycles. The molecule has 7 heteroatoms. The molecule has 0 saturated heterocycles. The summed E-state index contributed by atoms with van der Waals surface area (Å²) in [5, 5.41) is -0.419. The molecular weight excluding hydrogens is 382 g/mol. The van der Waals surface area contributed by atoms with E-state index in [2.05, 4.69) is 58.2 Å². The van der Waals surface area contributed by atoms with Crippen LogP contribution in [0.3, 0.4) is 0 Å². The maximum atomic E-state index is 11.9. The second-order valence-corrected chi connectivity index (χ2v) is 9.61. The zero-order chi connectivity index (χ0) is 19.4. The lowest BCUT2D eigenvalue weighted by Gasteiger charge is -2.33. The average Bonchev–Trinajstić information content (AvgIpc) is 2.68. The van der Waals surface area contributed by atoms with Crippen LogP contribution in [-0.2, 0) is 23.0 Å². The van der Waals surface area contributed by atoms with Gasteiger partial charge in [0.05, 0.1) is 13.1 Å². The first-order valence-corrected chi connectivity index (χ1v) is 11.3. The quantitative estimate of drug-likeness (QED) is 0.683. The van der Waals surface area contributed by atoms with E-state index < -0.39 is 15.2 Å². The van der Waals surface area contributed by atoms with Gasteiger partial charge < -0.3 is 9.80 Å². The van der Waals surface area contributed by atoms with Crippen LogP contribution in [0.2, 0.25) is 0 Å². The molecule has 0 aliphatic carbocycles. The second kappa shape index (κ2) is 8.61. The van der Waals surface area contributed by atoms with Crippen LogP contribution in [0.25, 0.3) is 0 Å². The van der Waals surface area contributed by atoms with E-state index >= 15 is 0 Å². The summed E-state index contributed by atoms with van der Waals surface area (Å²) in [6.07, 6.45) is 1.00. The Balaban J connectivity index is 1.85. The first kappa shape index (κ1) is 20.1. The van der Waals surface area contributed by atoms with E-state index in [9.17, 15) is 8.42 Å². The Morgan fingerprint density at radius 1 is 1.11 bits per heavy atom. The Morgan fingerprint density at radius 2 is 1.78 bits per heavy atom. The fourth-order valence-corrected chi connectivity index (χ4v) is 4.38. The summed E-state index contributed by atoms with van der Waals surface area (Å²) in [6.45, 7) is 2.20. The van der Waals surface area contributed by atoms with Crippen molar-refractivity contribution in [1.82, 2.24) is 4.72 Å². The molecule has 0 spiro atoms. The van der Waals surface area contributed by atoms with E-state index in [1.54, 1.807) is 0 Å². The first-order chi connectivity index (χ1) is 12.9. The molecular formula is C20H27ClN3O2S+. The van der Waals surface area contributed by atoms with Gasteiger partial charge in [-0.15, -0.1) is 11.6 Å². The number of benzene rings is 2. The van der Waals surface area contributed by atoms with E-state index in [0.717, 1.165) is 30.8 Å². The number of hydrogen-bond acceptors (Lipinski definition) is 3. The van der Waals surface area contributed by atoms with Gasteiger partial charge in [0.2, 0.25) is 10.0 Å². The Morgan fingerprint density at radius 3 is 2.41 bits per heavy atom. The van der Waals surface area contributed by atoms with Gasteiger partial charge in [-0.3, -0.25) is 0 Å². The summed E-state index contributed by atoms with van der Waals surface area (Å²) >= 11 is 5.57. The average molecular weight is 409 g/mol. The molecule has 2 aromatic carbocycles. The molecule has 3 rings (SSSR count). The number of rotatable bonds is 7. The van der Waals surface area contributed by atoms with Crippen LogP contribution in [0.5, 0.6) is 0 Å². The zero-order valence-corrected chi connectivity index (χ0v) is 17.4. The number of sulfonamides is 1. The molecule has 0 bridgehead atoms. The highest BCUT2D eigenvalue weighted by molar-refractivity contribution is 7.90. The van der Waals surface area contributed by atoms with Crippen LogP contribution in [0, 0.1) is 0 Å². The van der Waals surface area contributed by atoms with Gasteiger partial charge in [-0.1, -0.05) is 36.4 Å². The van der Waals surface area contributed by atoms with Gasteiger partial charge in [0, 0.05) is 37.3 Å². The highest BCUT2D eigenvalue weighted by atomic mass is 35.5. The van der Waals surface area contributed by atoms with Crippen molar-refractivity contribution in [2.75, 3.05) is 37.3 Å². The molecule has 1 unspecified atom stereocenters. The minimum absolute atomic E-state index is 0.0348. The lowest BCUT2D eigenvalue weighted by molar-refractivity contribution is -0.945. The fourth-order valence-electron chi connectivity index (χ4n) is 3.65. The molecule has 0 amide bonds. The number of halogens is 1. The third-order valence-corrected chi connectivity index (χ3v) is 6.96. The standard InChI is InChI=1S/C20H26ClN3O2S/c1-23(2)19-9-7-17(8-10-19)20(13-22-27(25,26)15-21)24-12-11-16-5-3-4-6-18(16)14-24/h3-10,20,22H,11-15H2,1-2H3/p+1/t20-/m1/s1. The Bertz CT molecular complexity index is 869. The van der Waals surface area contributed by atoms with E-state index in [4.69, 9.17) is 11.6 Å². The normalized spacial score (nSPS) is 18.0. The van der Waals surface area contributed by atoms with Crippen molar-refractivity contribution >= 4 is 27.3 Å². The number of quaternary nitrogens is 1. The van der Waals surface area contributed by atoms with E-state index in [1.165, 1.54) is 16.0 Å². The minimum Gasteiger partial charge on any atom is -0.378 e. The van der Waals surface area contributed by atoms with Gasteiger partial charge in [0.25, 0.3) is 0 Å². The first-order valence-electron chi connectivity index (χ1n) is 9.11. The molecule has 1 heterocycles. The SMILES string of the molecule is CN(C)c1ccc([C@@H](CNS(=O)(=O)CCl)[NH+]2CCc3ccccc3C2)cc1. The third-order valence-electron chi connectivity index (χ3n) is 5.21. The van der Waals surface area contributed by atoms with Crippen LogP contribution >= 0.6 is 11.6 Å². The Hall–Kier alpha value is -1.60. The molecule has 2 N–H and O–H groups in total. The van der Waals surface area contributed by atoms with Crippen molar-refractivity contribution < 1.29 is 13.3 Å². The summed E-state index contributed by atoms with van der Waals surface area (Å²) in [5.41, 5.74) is 4.99. The topological polar surface area (TPSA) is 53.9 Å². The molecule has 2 atom stereocenters. The van der Waals surface area contributed by atoms with Crippen LogP contribution in [0.1, 0.15) is 22.7 Å². The number of fused-ring (bicyclic) bond motifs is 1. The van der Waals surface area contributed by atoms with Crippen molar-refractivity contribution in [3.05, 3.63) is 65.2 Å². The molecule has 2 aromatic rings. The van der Waals surface area contributed by atoms with Crippen molar-refractivity contribution in [3.8, 4) is 0 Å². The van der Waals surface area contributed by atoms with Crippen molar-refractivity contribution in [2.24, 2.45) is 0 Å². The molecule has 0 saturated carbocycles. The van der Waals surface area contributed by atoms with Crippen LogP contribution in [0.4, 0.5) is 5.69 Å². The molecule has 5 nitrogen and oxygen atoms in total. The predicted octanol–water partition coefficient (Wildman–Crippen LogP) is 1.55. The van der Waals surface area contributed by atoms with Gasteiger partial charge in [-0.25, -0.2) is 13.1 Å².